The summed E-state index contributed by atoms with van der Waals surface area (Å²) in [5, 5.41) is 0. The molecule has 1 aromatic carbocycles. The molecule has 0 fully saturated rings. The molecule has 0 spiro atoms. The minimum Gasteiger partial charge on any atom is -0.207 e. The number of sulfonamides is 1. The van der Waals surface area contributed by atoms with Crippen LogP contribution in [0.4, 0.5) is 13.2 Å². The van der Waals surface area contributed by atoms with Gasteiger partial charge < -0.3 is 0 Å². The van der Waals surface area contributed by atoms with Crippen LogP contribution in [0.15, 0.2) is 29.2 Å². The van der Waals surface area contributed by atoms with Crippen LogP contribution in [0.25, 0.3) is 0 Å². The first kappa shape index (κ1) is 13.5. The Kier molecular flexibility index (Phi) is 3.80. The van der Waals surface area contributed by atoms with Crippen molar-refractivity contribution in [2.45, 2.75) is 11.1 Å². The predicted octanol–water partition coefficient (Wildman–Crippen LogP) is 1.62. The maximum atomic E-state index is 12.6. The summed E-state index contributed by atoms with van der Waals surface area (Å²) in [7, 11) is -4.25. The van der Waals surface area contributed by atoms with Crippen LogP contribution in [0.5, 0.6) is 0 Å². The lowest BCUT2D eigenvalue weighted by Gasteiger charge is -2.12. The molecule has 0 aliphatic heterocycles. The molecule has 7 heteroatoms. The lowest BCUT2D eigenvalue weighted by Crippen LogP contribution is -2.26. The molecule has 0 heterocycles. The first-order valence-electron chi connectivity index (χ1n) is 4.38. The predicted molar refractivity (Wildman–Crippen MR) is 55.5 cm³/mol. The lowest BCUT2D eigenvalue weighted by molar-refractivity contribution is -0.139. The molecular formula is C10H8F3NO2S. The number of alkyl halides is 3. The average molecular weight is 263 g/mol. The summed E-state index contributed by atoms with van der Waals surface area (Å²) in [4.78, 5) is -0.831. The molecule has 1 aromatic rings. The van der Waals surface area contributed by atoms with E-state index in [0.717, 1.165) is 12.1 Å². The Morgan fingerprint density at radius 3 is 2.41 bits per heavy atom. The van der Waals surface area contributed by atoms with Crippen molar-refractivity contribution in [3.05, 3.63) is 29.8 Å². The number of benzene rings is 1. The van der Waals surface area contributed by atoms with E-state index in [1.165, 1.54) is 6.07 Å². The molecule has 0 aliphatic rings. The molecule has 0 radical (unpaired) electrons. The van der Waals surface area contributed by atoms with Gasteiger partial charge in [0.05, 0.1) is 17.0 Å². The van der Waals surface area contributed by atoms with E-state index >= 15 is 0 Å². The van der Waals surface area contributed by atoms with Crippen molar-refractivity contribution in [2.75, 3.05) is 6.54 Å². The van der Waals surface area contributed by atoms with Gasteiger partial charge in [-0.25, -0.2) is 8.42 Å². The Hall–Kier alpha value is -1.52. The van der Waals surface area contributed by atoms with Gasteiger partial charge in [0.2, 0.25) is 10.0 Å². The molecule has 1 N–H and O–H groups in total. The summed E-state index contributed by atoms with van der Waals surface area (Å²) in [6, 6.07) is 3.90. The molecule has 0 saturated carbocycles. The fraction of sp³-hybridized carbons (Fsp3) is 0.200. The molecule has 0 atom stereocenters. The smallest absolute Gasteiger partial charge is 0.207 e. The zero-order valence-electron chi connectivity index (χ0n) is 8.45. The maximum Gasteiger partial charge on any atom is 0.417 e. The van der Waals surface area contributed by atoms with E-state index in [1.54, 1.807) is 0 Å². The van der Waals surface area contributed by atoms with Gasteiger partial charge in [-0.2, -0.15) is 17.9 Å². The first-order valence-corrected chi connectivity index (χ1v) is 5.86. The molecular weight excluding hydrogens is 255 g/mol. The summed E-state index contributed by atoms with van der Waals surface area (Å²) in [5.74, 6) is 1.98. The number of hydrogen-bond acceptors (Lipinski definition) is 2. The molecule has 0 amide bonds. The third kappa shape index (κ3) is 3.22. The largest absolute Gasteiger partial charge is 0.417 e. The highest BCUT2D eigenvalue weighted by atomic mass is 32.2. The van der Waals surface area contributed by atoms with Crippen LogP contribution in [0.3, 0.4) is 0 Å². The van der Waals surface area contributed by atoms with Crippen molar-refractivity contribution in [3.8, 4) is 12.3 Å². The molecule has 17 heavy (non-hydrogen) atoms. The van der Waals surface area contributed by atoms with E-state index < -0.39 is 26.7 Å². The van der Waals surface area contributed by atoms with Crippen LogP contribution in [0, 0.1) is 12.3 Å². The Morgan fingerprint density at radius 1 is 1.29 bits per heavy atom. The van der Waals surface area contributed by atoms with Gasteiger partial charge in [0, 0.05) is 0 Å². The third-order valence-electron chi connectivity index (χ3n) is 1.85. The van der Waals surface area contributed by atoms with Gasteiger partial charge in [0.1, 0.15) is 0 Å². The van der Waals surface area contributed by atoms with Crippen molar-refractivity contribution < 1.29 is 21.6 Å². The van der Waals surface area contributed by atoms with Gasteiger partial charge in [0.25, 0.3) is 0 Å². The van der Waals surface area contributed by atoms with Gasteiger partial charge in [-0.3, -0.25) is 0 Å². The molecule has 0 saturated heterocycles. The number of halogens is 3. The minimum atomic E-state index is -4.73. The van der Waals surface area contributed by atoms with Crippen molar-refractivity contribution in [1.29, 1.82) is 0 Å². The number of rotatable bonds is 3. The van der Waals surface area contributed by atoms with Crippen LogP contribution in [0.1, 0.15) is 5.56 Å². The highest BCUT2D eigenvalue weighted by Gasteiger charge is 2.36. The number of terminal acetylenes is 1. The third-order valence-corrected chi connectivity index (χ3v) is 3.31. The summed E-state index contributed by atoms with van der Waals surface area (Å²) < 4.78 is 62.7. The van der Waals surface area contributed by atoms with Gasteiger partial charge in [-0.15, -0.1) is 6.42 Å². The van der Waals surface area contributed by atoms with Crippen LogP contribution < -0.4 is 4.72 Å². The molecule has 1 rings (SSSR count). The quantitative estimate of drug-likeness (QED) is 0.842. The molecule has 0 unspecified atom stereocenters. The maximum absolute atomic E-state index is 12.6. The Balaban J connectivity index is 3.29. The normalized spacial score (nSPS) is 12.1. The molecule has 3 nitrogen and oxygen atoms in total. The SMILES string of the molecule is C#CCNS(=O)(=O)c1ccccc1C(F)(F)F. The fourth-order valence-corrected chi connectivity index (χ4v) is 2.31. The van der Waals surface area contributed by atoms with Crippen LogP contribution in [0.2, 0.25) is 0 Å². The first-order chi connectivity index (χ1) is 7.79. The molecule has 0 aromatic heterocycles. The lowest BCUT2D eigenvalue weighted by atomic mass is 10.2. The van der Waals surface area contributed by atoms with E-state index in [1.807, 2.05) is 10.6 Å². The summed E-state index contributed by atoms with van der Waals surface area (Å²) in [6.07, 6.45) is 0.104. The molecule has 0 aliphatic carbocycles. The zero-order chi connectivity index (χ0) is 13.1. The van der Waals surface area contributed by atoms with E-state index in [9.17, 15) is 21.6 Å². The Morgan fingerprint density at radius 2 is 1.88 bits per heavy atom. The average Bonchev–Trinajstić information content (AvgIpc) is 2.25. The van der Waals surface area contributed by atoms with Crippen molar-refractivity contribution in [3.63, 3.8) is 0 Å². The van der Waals surface area contributed by atoms with E-state index in [-0.39, 0.29) is 6.54 Å². The van der Waals surface area contributed by atoms with Crippen LogP contribution >= 0.6 is 0 Å². The summed E-state index contributed by atoms with van der Waals surface area (Å²) >= 11 is 0. The molecule has 92 valence electrons. The second-order valence-corrected chi connectivity index (χ2v) is 4.76. The number of hydrogen-bond donors (Lipinski definition) is 1. The monoisotopic (exact) mass is 263 g/mol. The van der Waals surface area contributed by atoms with Gasteiger partial charge >= 0.3 is 6.18 Å². The highest BCUT2D eigenvalue weighted by molar-refractivity contribution is 7.89. The summed E-state index contributed by atoms with van der Waals surface area (Å²) in [6.45, 7) is -0.367. The number of nitrogens with one attached hydrogen (secondary N) is 1. The van der Waals surface area contributed by atoms with Crippen molar-refractivity contribution in [1.82, 2.24) is 4.72 Å². The second kappa shape index (κ2) is 4.77. The van der Waals surface area contributed by atoms with Gasteiger partial charge in [-0.05, 0) is 12.1 Å². The van der Waals surface area contributed by atoms with Crippen molar-refractivity contribution >= 4 is 10.0 Å². The highest BCUT2D eigenvalue weighted by Crippen LogP contribution is 2.33. The van der Waals surface area contributed by atoms with Crippen LogP contribution in [-0.2, 0) is 16.2 Å². The topological polar surface area (TPSA) is 46.2 Å². The van der Waals surface area contributed by atoms with Gasteiger partial charge in [-0.1, -0.05) is 18.1 Å². The van der Waals surface area contributed by atoms with E-state index in [0.29, 0.717) is 6.07 Å². The fourth-order valence-electron chi connectivity index (χ4n) is 1.15. The van der Waals surface area contributed by atoms with Gasteiger partial charge in [0.15, 0.2) is 0 Å². The zero-order valence-corrected chi connectivity index (χ0v) is 9.27. The standard InChI is InChI=1S/C10H8F3NO2S/c1-2-7-14-17(15,16)9-6-4-3-5-8(9)10(11,12)13/h1,3-6,14H,7H2. The minimum absolute atomic E-state index is 0.367. The summed E-state index contributed by atoms with van der Waals surface area (Å²) in [5.41, 5.74) is -1.22. The second-order valence-electron chi connectivity index (χ2n) is 3.02. The van der Waals surface area contributed by atoms with E-state index in [4.69, 9.17) is 6.42 Å². The Labute approximate surface area is 96.7 Å². The molecule has 0 bridgehead atoms. The van der Waals surface area contributed by atoms with E-state index in [2.05, 4.69) is 0 Å². The van der Waals surface area contributed by atoms with Crippen molar-refractivity contribution in [2.24, 2.45) is 0 Å². The Bertz CT molecular complexity index is 543. The van der Waals surface area contributed by atoms with Crippen LogP contribution in [-0.4, -0.2) is 15.0 Å².